The summed E-state index contributed by atoms with van der Waals surface area (Å²) in [5.41, 5.74) is 0.376. The van der Waals surface area contributed by atoms with Crippen molar-refractivity contribution in [1.82, 2.24) is 10.0 Å². The molecule has 178 valence electrons. The zero-order valence-corrected chi connectivity index (χ0v) is 22.0. The minimum Gasteiger partial charge on any atom is -0.545 e. The third kappa shape index (κ3) is 5.41. The Kier molecular flexibility index (Phi) is 6.66. The zero-order valence-electron chi connectivity index (χ0n) is 21.0. The molecule has 0 bridgehead atoms. The molecule has 1 aromatic rings. The van der Waals surface area contributed by atoms with E-state index in [0.717, 1.165) is 0 Å². The third-order valence-corrected chi connectivity index (χ3v) is 10.5. The molecule has 1 atom stereocenters. The van der Waals surface area contributed by atoms with Crippen LogP contribution in [0.25, 0.3) is 0 Å². The van der Waals surface area contributed by atoms with E-state index in [1.807, 2.05) is 63.4 Å². The van der Waals surface area contributed by atoms with Crippen LogP contribution >= 0.6 is 0 Å². The molecule has 0 aromatic heterocycles. The van der Waals surface area contributed by atoms with Crippen molar-refractivity contribution in [2.75, 3.05) is 6.54 Å². The number of hydrogen-bond acceptors (Lipinski definition) is 5. The molecule has 0 N–H and O–H groups in total. The van der Waals surface area contributed by atoms with Crippen LogP contribution in [0.1, 0.15) is 51.9 Å². The number of hydrogen-bond donors (Lipinski definition) is 0. The number of amides is 1. The number of nitrogens with zero attached hydrogens (tertiary/aromatic N) is 2. The molecule has 0 radical (unpaired) electrons. The molecular weight excluding hydrogens is 432 g/mol. The SMILES string of the molecule is CC(C)(C)OC(=O)C1=C(O[Si](C)(C)C(C)(C)C)CN(C(=O)c2ccccc2)N2C=CC=C[C@@H]12. The minimum atomic E-state index is -2.30. The van der Waals surface area contributed by atoms with Gasteiger partial charge in [-0.15, -0.1) is 0 Å². The summed E-state index contributed by atoms with van der Waals surface area (Å²) in [7, 11) is -2.30. The number of ether oxygens (including phenoxy) is 1. The Morgan fingerprint density at radius 1 is 1.00 bits per heavy atom. The summed E-state index contributed by atoms with van der Waals surface area (Å²) in [5.74, 6) is -0.0561. The molecule has 0 aliphatic carbocycles. The average molecular weight is 469 g/mol. The molecule has 1 aromatic carbocycles. The molecule has 2 aliphatic rings. The molecule has 3 rings (SSSR count). The number of allylic oxidation sites excluding steroid dienone is 2. The van der Waals surface area contributed by atoms with Gasteiger partial charge in [-0.05, 0) is 57.1 Å². The second-order valence-electron chi connectivity index (χ2n) is 11.0. The fourth-order valence-corrected chi connectivity index (χ4v) is 4.53. The third-order valence-electron chi connectivity index (χ3n) is 6.16. The van der Waals surface area contributed by atoms with Gasteiger partial charge in [-0.2, -0.15) is 0 Å². The Labute approximate surface area is 198 Å². The van der Waals surface area contributed by atoms with E-state index in [4.69, 9.17) is 9.16 Å². The van der Waals surface area contributed by atoms with E-state index in [-0.39, 0.29) is 17.5 Å². The summed E-state index contributed by atoms with van der Waals surface area (Å²) in [6.45, 7) is 16.4. The number of carbonyl (C=O) groups excluding carboxylic acids is 2. The first kappa shape index (κ1) is 24.8. The number of esters is 1. The van der Waals surface area contributed by atoms with E-state index >= 15 is 0 Å². The first-order chi connectivity index (χ1) is 15.2. The van der Waals surface area contributed by atoms with Crippen LogP contribution in [-0.2, 0) is 14.0 Å². The lowest BCUT2D eigenvalue weighted by Gasteiger charge is -2.47. The molecule has 0 unspecified atom stereocenters. The van der Waals surface area contributed by atoms with Crippen LogP contribution in [0.3, 0.4) is 0 Å². The summed E-state index contributed by atoms with van der Waals surface area (Å²) in [5, 5.41) is 3.37. The lowest BCUT2D eigenvalue weighted by molar-refractivity contribution is -0.151. The normalized spacial score (nSPS) is 18.8. The Morgan fingerprint density at radius 3 is 2.21 bits per heavy atom. The number of carbonyl (C=O) groups is 2. The molecule has 2 aliphatic heterocycles. The second-order valence-corrected chi connectivity index (χ2v) is 15.7. The summed E-state index contributed by atoms with van der Waals surface area (Å²) >= 11 is 0. The van der Waals surface area contributed by atoms with Crippen LogP contribution in [0.4, 0.5) is 0 Å². The van der Waals surface area contributed by atoms with Crippen LogP contribution in [0.15, 0.2) is 66.1 Å². The quantitative estimate of drug-likeness (QED) is 0.436. The summed E-state index contributed by atoms with van der Waals surface area (Å²) in [6, 6.07) is 8.66. The van der Waals surface area contributed by atoms with E-state index in [1.165, 1.54) is 0 Å². The van der Waals surface area contributed by atoms with Crippen molar-refractivity contribution in [1.29, 1.82) is 0 Å². The van der Waals surface area contributed by atoms with E-state index in [9.17, 15) is 9.59 Å². The molecule has 0 saturated carbocycles. The highest BCUT2D eigenvalue weighted by molar-refractivity contribution is 6.74. The molecule has 0 fully saturated rings. The topological polar surface area (TPSA) is 59.1 Å². The van der Waals surface area contributed by atoms with Crippen LogP contribution in [0, 0.1) is 0 Å². The molecule has 2 heterocycles. The lowest BCUT2D eigenvalue weighted by Crippen LogP contribution is -2.56. The maximum atomic E-state index is 13.5. The van der Waals surface area contributed by atoms with Gasteiger partial charge in [0, 0.05) is 11.8 Å². The smallest absolute Gasteiger partial charge is 0.340 e. The fraction of sp³-hybridized carbons (Fsp3) is 0.462. The zero-order chi connectivity index (χ0) is 24.6. The Hall–Kier alpha value is -2.80. The Morgan fingerprint density at radius 2 is 1.64 bits per heavy atom. The van der Waals surface area contributed by atoms with Crippen molar-refractivity contribution in [3.8, 4) is 0 Å². The number of benzene rings is 1. The van der Waals surface area contributed by atoms with Crippen molar-refractivity contribution in [3.63, 3.8) is 0 Å². The monoisotopic (exact) mass is 468 g/mol. The van der Waals surface area contributed by atoms with E-state index in [0.29, 0.717) is 16.9 Å². The largest absolute Gasteiger partial charge is 0.545 e. The van der Waals surface area contributed by atoms with Crippen LogP contribution in [0.2, 0.25) is 18.1 Å². The predicted octanol–water partition coefficient (Wildman–Crippen LogP) is 5.43. The predicted molar refractivity (Wildman–Crippen MR) is 133 cm³/mol. The highest BCUT2D eigenvalue weighted by Gasteiger charge is 2.45. The highest BCUT2D eigenvalue weighted by Crippen LogP contribution is 2.40. The van der Waals surface area contributed by atoms with E-state index < -0.39 is 25.9 Å². The molecule has 33 heavy (non-hydrogen) atoms. The average Bonchev–Trinajstić information content (AvgIpc) is 2.70. The van der Waals surface area contributed by atoms with Gasteiger partial charge in [-0.1, -0.05) is 51.1 Å². The van der Waals surface area contributed by atoms with Gasteiger partial charge >= 0.3 is 5.97 Å². The van der Waals surface area contributed by atoms with E-state index in [2.05, 4.69) is 33.9 Å². The summed E-state index contributed by atoms with van der Waals surface area (Å²) in [4.78, 5) is 26.9. The van der Waals surface area contributed by atoms with Gasteiger partial charge in [0.25, 0.3) is 5.91 Å². The molecule has 7 heteroatoms. The first-order valence-corrected chi connectivity index (χ1v) is 14.3. The van der Waals surface area contributed by atoms with Crippen molar-refractivity contribution in [2.45, 2.75) is 71.3 Å². The van der Waals surface area contributed by atoms with E-state index in [1.54, 1.807) is 22.2 Å². The number of rotatable bonds is 4. The van der Waals surface area contributed by atoms with Crippen molar-refractivity contribution < 1.29 is 18.8 Å². The standard InChI is InChI=1S/C26H36N2O4Si/c1-25(2,3)31-24(30)22-20-16-12-13-17-27(20)28(23(29)19-14-10-9-11-15-19)18-21(22)32-33(7,8)26(4,5)6/h9-17,20H,18H2,1-8H3/t20-/m0/s1. The van der Waals surface area contributed by atoms with Gasteiger partial charge in [0.1, 0.15) is 23.0 Å². The Balaban J connectivity index is 2.12. The van der Waals surface area contributed by atoms with Crippen molar-refractivity contribution in [2.24, 2.45) is 0 Å². The lowest BCUT2D eigenvalue weighted by atomic mass is 9.99. The van der Waals surface area contributed by atoms with Crippen molar-refractivity contribution >= 4 is 20.2 Å². The first-order valence-electron chi connectivity index (χ1n) is 11.4. The number of hydrazine groups is 1. The summed E-state index contributed by atoms with van der Waals surface area (Å²) < 4.78 is 12.5. The van der Waals surface area contributed by atoms with Crippen molar-refractivity contribution in [3.05, 3.63) is 71.7 Å². The maximum Gasteiger partial charge on any atom is 0.340 e. The van der Waals surface area contributed by atoms with Gasteiger partial charge < -0.3 is 9.16 Å². The molecule has 6 nitrogen and oxygen atoms in total. The Bertz CT molecular complexity index is 997. The molecule has 0 spiro atoms. The molecular formula is C26H36N2O4Si. The fourth-order valence-electron chi connectivity index (χ4n) is 3.44. The number of fused-ring (bicyclic) bond motifs is 1. The second kappa shape index (κ2) is 8.86. The van der Waals surface area contributed by atoms with Gasteiger partial charge in [0.2, 0.25) is 8.32 Å². The van der Waals surface area contributed by atoms with Crippen LogP contribution in [0.5, 0.6) is 0 Å². The van der Waals surface area contributed by atoms with Crippen LogP contribution < -0.4 is 0 Å². The van der Waals surface area contributed by atoms with Gasteiger partial charge in [-0.3, -0.25) is 9.80 Å². The van der Waals surface area contributed by atoms with Gasteiger partial charge in [0.05, 0.1) is 6.54 Å². The maximum absolute atomic E-state index is 13.5. The highest BCUT2D eigenvalue weighted by atomic mass is 28.4. The van der Waals surface area contributed by atoms with Gasteiger partial charge in [-0.25, -0.2) is 9.80 Å². The minimum absolute atomic E-state index is 0.0766. The van der Waals surface area contributed by atoms with Gasteiger partial charge in [0.15, 0.2) is 0 Å². The summed E-state index contributed by atoms with van der Waals surface area (Å²) in [6.07, 6.45) is 7.46. The van der Waals surface area contributed by atoms with Crippen LogP contribution in [-0.4, -0.2) is 48.4 Å². The molecule has 0 saturated heterocycles. The molecule has 1 amide bonds.